The predicted octanol–water partition coefficient (Wildman–Crippen LogP) is 3.17. The molecule has 1 saturated heterocycles. The molecule has 1 saturated carbocycles. The number of hydrogen-bond acceptors (Lipinski definition) is 2. The lowest BCUT2D eigenvalue weighted by atomic mass is 10.2. The summed E-state index contributed by atoms with van der Waals surface area (Å²) in [5.74, 6) is 0. The number of likely N-dealkylation sites (tertiary alicyclic amines) is 1. The summed E-state index contributed by atoms with van der Waals surface area (Å²) in [4.78, 5) is 2.64. The largest absolute Gasteiger partial charge is 0.312 e. The zero-order valence-corrected chi connectivity index (χ0v) is 12.3. The lowest BCUT2D eigenvalue weighted by Crippen LogP contribution is -2.38. The van der Waals surface area contributed by atoms with Crippen molar-refractivity contribution < 1.29 is 0 Å². The lowest BCUT2D eigenvalue weighted by Gasteiger charge is -2.25. The van der Waals surface area contributed by atoms with Gasteiger partial charge in [-0.25, -0.2) is 0 Å². The average Bonchev–Trinajstić information content (AvgIpc) is 3.08. The van der Waals surface area contributed by atoms with E-state index in [0.29, 0.717) is 0 Å². The molecule has 0 bridgehead atoms. The first-order valence-corrected chi connectivity index (χ1v) is 7.82. The minimum atomic E-state index is 0.740. The molecule has 2 fully saturated rings. The Bertz CT molecular complexity index is 403. The van der Waals surface area contributed by atoms with E-state index >= 15 is 0 Å². The van der Waals surface area contributed by atoms with Crippen molar-refractivity contribution in [3.05, 3.63) is 34.3 Å². The first-order valence-electron chi connectivity index (χ1n) is 7.03. The monoisotopic (exact) mass is 308 g/mol. The second kappa shape index (κ2) is 5.72. The van der Waals surface area contributed by atoms with Gasteiger partial charge in [-0.15, -0.1) is 0 Å². The number of nitrogens with zero attached hydrogens (tertiary/aromatic N) is 1. The molecule has 1 aliphatic carbocycles. The van der Waals surface area contributed by atoms with Gasteiger partial charge in [0.2, 0.25) is 0 Å². The fourth-order valence-electron chi connectivity index (χ4n) is 2.79. The molecular formula is C15H21BrN2. The van der Waals surface area contributed by atoms with Crippen LogP contribution in [0.15, 0.2) is 28.7 Å². The molecule has 0 radical (unpaired) electrons. The molecule has 1 unspecified atom stereocenters. The highest BCUT2D eigenvalue weighted by molar-refractivity contribution is 9.10. The molecule has 1 aromatic carbocycles. The summed E-state index contributed by atoms with van der Waals surface area (Å²) >= 11 is 3.55. The molecule has 0 spiro atoms. The van der Waals surface area contributed by atoms with Crippen molar-refractivity contribution >= 4 is 15.9 Å². The fraction of sp³-hybridized carbons (Fsp3) is 0.600. The maximum atomic E-state index is 3.67. The molecular weight excluding hydrogens is 288 g/mol. The Balaban J connectivity index is 1.56. The van der Waals surface area contributed by atoms with Crippen molar-refractivity contribution in [2.45, 2.75) is 44.3 Å². The molecule has 2 nitrogen and oxygen atoms in total. The first-order chi connectivity index (χ1) is 8.81. The molecule has 1 N–H and O–H groups in total. The van der Waals surface area contributed by atoms with Crippen LogP contribution in [0, 0.1) is 0 Å². The van der Waals surface area contributed by atoms with Crippen LogP contribution in [0.5, 0.6) is 0 Å². The highest BCUT2D eigenvalue weighted by Gasteiger charge is 2.27. The number of hydrogen-bond donors (Lipinski definition) is 1. The summed E-state index contributed by atoms with van der Waals surface area (Å²) in [5.41, 5.74) is 1.42. The number of halogens is 1. The van der Waals surface area contributed by atoms with Crippen LogP contribution in [0.2, 0.25) is 0 Å². The molecule has 98 valence electrons. The van der Waals surface area contributed by atoms with Crippen LogP contribution in [-0.4, -0.2) is 30.1 Å². The Morgan fingerprint density at radius 3 is 2.94 bits per heavy atom. The maximum absolute atomic E-state index is 3.67. The summed E-state index contributed by atoms with van der Waals surface area (Å²) in [6, 6.07) is 10.3. The molecule has 2 aliphatic rings. The molecule has 3 rings (SSSR count). The van der Waals surface area contributed by atoms with Crippen LogP contribution in [0.4, 0.5) is 0 Å². The van der Waals surface area contributed by atoms with Crippen molar-refractivity contribution in [2.75, 3.05) is 13.1 Å². The van der Waals surface area contributed by atoms with E-state index in [4.69, 9.17) is 0 Å². The van der Waals surface area contributed by atoms with Gasteiger partial charge in [0.15, 0.2) is 0 Å². The summed E-state index contributed by atoms with van der Waals surface area (Å²) in [6.07, 6.45) is 5.48. The van der Waals surface area contributed by atoms with Gasteiger partial charge in [0.05, 0.1) is 0 Å². The van der Waals surface area contributed by atoms with Crippen molar-refractivity contribution in [3.63, 3.8) is 0 Å². The van der Waals surface area contributed by atoms with E-state index < -0.39 is 0 Å². The summed E-state index contributed by atoms with van der Waals surface area (Å²) in [5, 5.41) is 3.67. The number of rotatable bonds is 5. The number of benzene rings is 1. The fourth-order valence-corrected chi connectivity index (χ4v) is 3.24. The van der Waals surface area contributed by atoms with E-state index in [1.54, 1.807) is 0 Å². The third-order valence-corrected chi connectivity index (χ3v) is 4.49. The van der Waals surface area contributed by atoms with Crippen molar-refractivity contribution in [1.29, 1.82) is 0 Å². The lowest BCUT2D eigenvalue weighted by molar-refractivity contribution is 0.239. The van der Waals surface area contributed by atoms with Gasteiger partial charge in [0.25, 0.3) is 0 Å². The van der Waals surface area contributed by atoms with E-state index in [9.17, 15) is 0 Å². The van der Waals surface area contributed by atoms with Crippen LogP contribution in [-0.2, 0) is 6.54 Å². The van der Waals surface area contributed by atoms with Crippen molar-refractivity contribution in [3.8, 4) is 0 Å². The summed E-state index contributed by atoms with van der Waals surface area (Å²) in [7, 11) is 0. The van der Waals surface area contributed by atoms with E-state index in [1.807, 2.05) is 0 Å². The Labute approximate surface area is 118 Å². The van der Waals surface area contributed by atoms with Gasteiger partial charge >= 0.3 is 0 Å². The standard InChI is InChI=1S/C15H21BrN2/c16-13-4-1-3-12(9-13)11-18-8-2-5-15(18)10-17-14-6-7-14/h1,3-4,9,14-15,17H,2,5-8,10-11H2. The molecule has 1 heterocycles. The molecule has 1 aliphatic heterocycles. The van der Waals surface area contributed by atoms with Gasteiger partial charge in [-0.3, -0.25) is 4.90 Å². The Morgan fingerprint density at radius 1 is 1.28 bits per heavy atom. The van der Waals surface area contributed by atoms with Crippen LogP contribution in [0.3, 0.4) is 0 Å². The van der Waals surface area contributed by atoms with E-state index in [2.05, 4.69) is 50.4 Å². The minimum Gasteiger partial charge on any atom is -0.312 e. The van der Waals surface area contributed by atoms with Gasteiger partial charge in [0, 0.05) is 29.6 Å². The van der Waals surface area contributed by atoms with Crippen LogP contribution >= 0.6 is 15.9 Å². The van der Waals surface area contributed by atoms with Crippen LogP contribution in [0.25, 0.3) is 0 Å². The predicted molar refractivity (Wildman–Crippen MR) is 78.6 cm³/mol. The highest BCUT2D eigenvalue weighted by Crippen LogP contribution is 2.23. The van der Waals surface area contributed by atoms with E-state index in [-0.39, 0.29) is 0 Å². The third-order valence-electron chi connectivity index (χ3n) is 3.99. The topological polar surface area (TPSA) is 15.3 Å². The van der Waals surface area contributed by atoms with Gasteiger partial charge in [-0.2, -0.15) is 0 Å². The molecule has 1 atom stereocenters. The normalized spacial score (nSPS) is 24.6. The molecule has 3 heteroatoms. The summed E-state index contributed by atoms with van der Waals surface area (Å²) < 4.78 is 1.19. The van der Waals surface area contributed by atoms with Crippen LogP contribution < -0.4 is 5.32 Å². The quantitative estimate of drug-likeness (QED) is 0.899. The average molecular weight is 309 g/mol. The number of nitrogens with one attached hydrogen (secondary N) is 1. The maximum Gasteiger partial charge on any atom is 0.0237 e. The van der Waals surface area contributed by atoms with Gasteiger partial charge in [-0.1, -0.05) is 28.1 Å². The zero-order chi connectivity index (χ0) is 12.4. The van der Waals surface area contributed by atoms with Gasteiger partial charge in [0.1, 0.15) is 0 Å². The second-order valence-corrected chi connectivity index (χ2v) is 6.49. The van der Waals surface area contributed by atoms with Crippen molar-refractivity contribution in [2.24, 2.45) is 0 Å². The first kappa shape index (κ1) is 12.6. The molecule has 0 amide bonds. The Morgan fingerprint density at radius 2 is 2.17 bits per heavy atom. The Kier molecular flexibility index (Phi) is 4.02. The summed E-state index contributed by atoms with van der Waals surface area (Å²) in [6.45, 7) is 3.53. The Hall–Kier alpha value is -0.380. The smallest absolute Gasteiger partial charge is 0.0237 e. The molecule has 18 heavy (non-hydrogen) atoms. The third kappa shape index (κ3) is 3.34. The molecule has 1 aromatic rings. The SMILES string of the molecule is Brc1cccc(CN2CCCC2CNC2CC2)c1. The van der Waals surface area contributed by atoms with E-state index in [1.165, 1.54) is 48.8 Å². The zero-order valence-electron chi connectivity index (χ0n) is 10.7. The van der Waals surface area contributed by atoms with Crippen LogP contribution in [0.1, 0.15) is 31.2 Å². The highest BCUT2D eigenvalue weighted by atomic mass is 79.9. The van der Waals surface area contributed by atoms with Crippen molar-refractivity contribution in [1.82, 2.24) is 10.2 Å². The van der Waals surface area contributed by atoms with Gasteiger partial charge in [-0.05, 0) is 49.9 Å². The minimum absolute atomic E-state index is 0.740. The van der Waals surface area contributed by atoms with Gasteiger partial charge < -0.3 is 5.32 Å². The van der Waals surface area contributed by atoms with E-state index in [0.717, 1.165) is 18.6 Å². The molecule has 0 aromatic heterocycles. The second-order valence-electron chi connectivity index (χ2n) is 5.58.